The van der Waals surface area contributed by atoms with Gasteiger partial charge in [0.1, 0.15) is 0 Å². The Morgan fingerprint density at radius 1 is 1.41 bits per heavy atom. The highest BCUT2D eigenvalue weighted by Gasteiger charge is 2.21. The zero-order valence-electron chi connectivity index (χ0n) is 11.5. The highest BCUT2D eigenvalue weighted by atomic mass is 16.1. The molecule has 0 saturated carbocycles. The van der Waals surface area contributed by atoms with Crippen molar-refractivity contribution in [2.45, 2.75) is 51.6 Å². The molecule has 4 heteroatoms. The van der Waals surface area contributed by atoms with Crippen LogP contribution in [0.25, 0.3) is 0 Å². The fraction of sp³-hybridized carbons (Fsp3) is 0.923. The van der Waals surface area contributed by atoms with Gasteiger partial charge in [-0.1, -0.05) is 6.42 Å². The van der Waals surface area contributed by atoms with Gasteiger partial charge in [0.05, 0.1) is 0 Å². The van der Waals surface area contributed by atoms with Gasteiger partial charge < -0.3 is 10.6 Å². The van der Waals surface area contributed by atoms with E-state index in [1.54, 1.807) is 0 Å². The van der Waals surface area contributed by atoms with Crippen molar-refractivity contribution < 1.29 is 4.79 Å². The molecule has 1 aliphatic heterocycles. The molecular weight excluding hydrogens is 214 g/mol. The van der Waals surface area contributed by atoms with Crippen molar-refractivity contribution in [2.75, 3.05) is 26.7 Å². The summed E-state index contributed by atoms with van der Waals surface area (Å²) >= 11 is 0. The molecular formula is C13H27N3O. The summed E-state index contributed by atoms with van der Waals surface area (Å²) in [6.45, 7) is 7.07. The Hall–Kier alpha value is -0.610. The Labute approximate surface area is 105 Å². The van der Waals surface area contributed by atoms with Gasteiger partial charge in [0.15, 0.2) is 0 Å². The van der Waals surface area contributed by atoms with Crippen LogP contribution in [0.15, 0.2) is 0 Å². The molecule has 1 unspecified atom stereocenters. The van der Waals surface area contributed by atoms with Crippen LogP contribution < -0.4 is 10.6 Å². The molecule has 0 aromatic carbocycles. The molecule has 2 N–H and O–H groups in total. The summed E-state index contributed by atoms with van der Waals surface area (Å²) in [6.07, 6.45) is 4.47. The third kappa shape index (κ3) is 5.50. The molecule has 1 atom stereocenters. The predicted octanol–water partition coefficient (Wildman–Crippen LogP) is 0.975. The number of likely N-dealkylation sites (N-methyl/N-ethyl adjacent to an activating group) is 1. The average molecular weight is 241 g/mol. The van der Waals surface area contributed by atoms with Crippen molar-refractivity contribution in [2.24, 2.45) is 0 Å². The molecule has 4 nitrogen and oxygen atoms in total. The minimum absolute atomic E-state index is 0.175. The maximum Gasteiger partial charge on any atom is 0.221 e. The predicted molar refractivity (Wildman–Crippen MR) is 71.0 cm³/mol. The van der Waals surface area contributed by atoms with Gasteiger partial charge >= 0.3 is 0 Å². The highest BCUT2D eigenvalue weighted by Crippen LogP contribution is 2.16. The second kappa shape index (κ2) is 7.67. The molecule has 0 aromatic rings. The average Bonchev–Trinajstić information content (AvgIpc) is 2.27. The molecule has 1 rings (SSSR count). The third-order valence-corrected chi connectivity index (χ3v) is 3.26. The van der Waals surface area contributed by atoms with Crippen LogP contribution in [0.4, 0.5) is 0 Å². The number of amides is 1. The van der Waals surface area contributed by atoms with Gasteiger partial charge in [-0.3, -0.25) is 9.69 Å². The lowest BCUT2D eigenvalue weighted by molar-refractivity contribution is -0.122. The number of nitrogens with one attached hydrogen (secondary N) is 2. The first-order valence-electron chi connectivity index (χ1n) is 6.81. The van der Waals surface area contributed by atoms with E-state index in [4.69, 9.17) is 0 Å². The van der Waals surface area contributed by atoms with Crippen LogP contribution in [0.1, 0.15) is 39.5 Å². The van der Waals surface area contributed by atoms with E-state index >= 15 is 0 Å². The molecule has 1 saturated heterocycles. The SMILES string of the molecule is CNCC1CCCCN1CCC(=O)NC(C)C. The summed E-state index contributed by atoms with van der Waals surface area (Å²) < 4.78 is 0. The smallest absolute Gasteiger partial charge is 0.221 e. The van der Waals surface area contributed by atoms with Crippen LogP contribution in [0.5, 0.6) is 0 Å². The number of piperidine rings is 1. The zero-order chi connectivity index (χ0) is 12.7. The van der Waals surface area contributed by atoms with Gasteiger partial charge in [-0.05, 0) is 40.3 Å². The van der Waals surface area contributed by atoms with E-state index in [1.165, 1.54) is 19.3 Å². The normalized spacial score (nSPS) is 21.8. The van der Waals surface area contributed by atoms with Gasteiger partial charge in [-0.15, -0.1) is 0 Å². The van der Waals surface area contributed by atoms with Crippen molar-refractivity contribution in [3.8, 4) is 0 Å². The Kier molecular flexibility index (Phi) is 6.52. The molecule has 0 aliphatic carbocycles. The van der Waals surface area contributed by atoms with E-state index in [2.05, 4.69) is 15.5 Å². The number of hydrogen-bond acceptors (Lipinski definition) is 3. The molecule has 17 heavy (non-hydrogen) atoms. The van der Waals surface area contributed by atoms with E-state index in [0.717, 1.165) is 19.6 Å². The molecule has 0 spiro atoms. The number of carbonyl (C=O) groups is 1. The van der Waals surface area contributed by atoms with Crippen LogP contribution in [0, 0.1) is 0 Å². The number of hydrogen-bond donors (Lipinski definition) is 2. The molecule has 1 amide bonds. The van der Waals surface area contributed by atoms with Crippen molar-refractivity contribution in [1.29, 1.82) is 0 Å². The van der Waals surface area contributed by atoms with E-state index in [9.17, 15) is 4.79 Å². The summed E-state index contributed by atoms with van der Waals surface area (Å²) in [7, 11) is 2.00. The van der Waals surface area contributed by atoms with E-state index in [0.29, 0.717) is 12.5 Å². The number of likely N-dealkylation sites (tertiary alicyclic amines) is 1. The standard InChI is InChI=1S/C13H27N3O/c1-11(2)15-13(17)7-9-16-8-5-4-6-12(16)10-14-3/h11-12,14H,4-10H2,1-3H3,(H,15,17). The second-order valence-corrected chi connectivity index (χ2v) is 5.22. The van der Waals surface area contributed by atoms with E-state index < -0.39 is 0 Å². The zero-order valence-corrected chi connectivity index (χ0v) is 11.5. The summed E-state index contributed by atoms with van der Waals surface area (Å²) in [4.78, 5) is 14.1. The van der Waals surface area contributed by atoms with Crippen LogP contribution in [-0.2, 0) is 4.79 Å². The summed E-state index contributed by atoms with van der Waals surface area (Å²) in [5.41, 5.74) is 0. The van der Waals surface area contributed by atoms with Crippen LogP contribution >= 0.6 is 0 Å². The van der Waals surface area contributed by atoms with E-state index in [1.807, 2.05) is 20.9 Å². The monoisotopic (exact) mass is 241 g/mol. The fourth-order valence-electron chi connectivity index (χ4n) is 2.46. The molecule has 0 radical (unpaired) electrons. The Bertz CT molecular complexity index is 229. The molecule has 100 valence electrons. The summed E-state index contributed by atoms with van der Waals surface area (Å²) in [5.74, 6) is 0.175. The molecule has 1 aliphatic rings. The molecule has 0 aromatic heterocycles. The lowest BCUT2D eigenvalue weighted by atomic mass is 10.0. The van der Waals surface area contributed by atoms with Crippen LogP contribution in [-0.4, -0.2) is 49.6 Å². The maximum absolute atomic E-state index is 11.6. The first-order chi connectivity index (χ1) is 8.13. The first-order valence-corrected chi connectivity index (χ1v) is 6.81. The molecule has 0 bridgehead atoms. The van der Waals surface area contributed by atoms with Gasteiger partial charge in [0.25, 0.3) is 0 Å². The molecule has 1 heterocycles. The van der Waals surface area contributed by atoms with Gasteiger partial charge in [-0.25, -0.2) is 0 Å². The van der Waals surface area contributed by atoms with Crippen molar-refractivity contribution in [3.63, 3.8) is 0 Å². The molecule has 1 fully saturated rings. The minimum Gasteiger partial charge on any atom is -0.354 e. The van der Waals surface area contributed by atoms with Crippen molar-refractivity contribution >= 4 is 5.91 Å². The third-order valence-electron chi connectivity index (χ3n) is 3.26. The lowest BCUT2D eigenvalue weighted by Gasteiger charge is -2.35. The summed E-state index contributed by atoms with van der Waals surface area (Å²) in [6, 6.07) is 0.859. The number of nitrogens with zero attached hydrogens (tertiary/aromatic N) is 1. The van der Waals surface area contributed by atoms with Gasteiger partial charge in [0.2, 0.25) is 5.91 Å². The van der Waals surface area contributed by atoms with Crippen molar-refractivity contribution in [3.05, 3.63) is 0 Å². The quantitative estimate of drug-likeness (QED) is 0.728. The van der Waals surface area contributed by atoms with Gasteiger partial charge in [0, 0.05) is 31.6 Å². The number of carbonyl (C=O) groups excluding carboxylic acids is 1. The Balaban J connectivity index is 2.30. The maximum atomic E-state index is 11.6. The largest absolute Gasteiger partial charge is 0.354 e. The minimum atomic E-state index is 0.175. The fourth-order valence-corrected chi connectivity index (χ4v) is 2.46. The summed E-state index contributed by atoms with van der Waals surface area (Å²) in [5, 5.41) is 6.19. The van der Waals surface area contributed by atoms with Crippen LogP contribution in [0.2, 0.25) is 0 Å². The van der Waals surface area contributed by atoms with E-state index in [-0.39, 0.29) is 11.9 Å². The number of rotatable bonds is 6. The topological polar surface area (TPSA) is 44.4 Å². The Morgan fingerprint density at radius 3 is 2.82 bits per heavy atom. The Morgan fingerprint density at radius 2 is 2.18 bits per heavy atom. The van der Waals surface area contributed by atoms with Gasteiger partial charge in [-0.2, -0.15) is 0 Å². The highest BCUT2D eigenvalue weighted by molar-refractivity contribution is 5.76. The van der Waals surface area contributed by atoms with Crippen molar-refractivity contribution in [1.82, 2.24) is 15.5 Å². The first kappa shape index (κ1) is 14.5. The lowest BCUT2D eigenvalue weighted by Crippen LogP contribution is -2.46. The van der Waals surface area contributed by atoms with Crippen LogP contribution in [0.3, 0.4) is 0 Å². The second-order valence-electron chi connectivity index (χ2n) is 5.22.